The molecule has 0 aliphatic carbocycles. The normalized spacial score (nSPS) is 15.0. The molecule has 8 N–H and O–H groups in total. The third-order valence-electron chi connectivity index (χ3n) is 4.89. The van der Waals surface area contributed by atoms with Crippen molar-refractivity contribution in [3.63, 3.8) is 0 Å². The number of carboxylic acid groups (broad SMARTS) is 1. The number of nitrogens with two attached hydrogens (primary N) is 2. The highest BCUT2D eigenvalue weighted by molar-refractivity contribution is 5.93. The average molecular weight is 430 g/mol. The minimum absolute atomic E-state index is 0.0430. The number of hydrogen-bond donors (Lipinski definition) is 6. The number of carbonyl (C=O) groups is 4. The second kappa shape index (κ2) is 14.7. The van der Waals surface area contributed by atoms with Crippen molar-refractivity contribution < 1.29 is 24.3 Å². The van der Waals surface area contributed by atoms with Gasteiger partial charge in [0.15, 0.2) is 0 Å². The van der Waals surface area contributed by atoms with Crippen LogP contribution in [0.1, 0.15) is 59.8 Å². The van der Waals surface area contributed by atoms with Crippen LogP contribution in [0.15, 0.2) is 0 Å². The lowest BCUT2D eigenvalue weighted by Gasteiger charge is -2.26. The van der Waals surface area contributed by atoms with Crippen molar-refractivity contribution in [2.24, 2.45) is 23.3 Å². The van der Waals surface area contributed by atoms with Crippen molar-refractivity contribution in [2.45, 2.75) is 77.9 Å². The van der Waals surface area contributed by atoms with E-state index in [4.69, 9.17) is 16.6 Å². The fourth-order valence-corrected chi connectivity index (χ4v) is 2.80. The van der Waals surface area contributed by atoms with Gasteiger partial charge in [0.2, 0.25) is 17.7 Å². The van der Waals surface area contributed by atoms with E-state index in [0.717, 1.165) is 6.42 Å². The summed E-state index contributed by atoms with van der Waals surface area (Å²) in [7, 11) is 0. The average Bonchev–Trinajstić information content (AvgIpc) is 2.68. The van der Waals surface area contributed by atoms with Gasteiger partial charge < -0.3 is 32.5 Å². The first kappa shape index (κ1) is 27.8. The quantitative estimate of drug-likeness (QED) is 0.194. The molecule has 0 rings (SSSR count). The second-order valence-electron chi connectivity index (χ2n) is 8.06. The van der Waals surface area contributed by atoms with Crippen LogP contribution < -0.4 is 27.4 Å². The molecule has 4 unspecified atom stereocenters. The Hall–Kier alpha value is -2.20. The zero-order valence-corrected chi connectivity index (χ0v) is 18.6. The number of hydrogen-bond acceptors (Lipinski definition) is 6. The maximum atomic E-state index is 12.9. The van der Waals surface area contributed by atoms with Crippen LogP contribution in [0.2, 0.25) is 0 Å². The lowest BCUT2D eigenvalue weighted by atomic mass is 9.97. The van der Waals surface area contributed by atoms with Crippen LogP contribution in [0.4, 0.5) is 0 Å². The molecule has 0 fully saturated rings. The van der Waals surface area contributed by atoms with Gasteiger partial charge in [-0.25, -0.2) is 0 Å². The van der Waals surface area contributed by atoms with Gasteiger partial charge in [-0.05, 0) is 44.1 Å². The van der Waals surface area contributed by atoms with Crippen LogP contribution in [0.3, 0.4) is 0 Å². The summed E-state index contributed by atoms with van der Waals surface area (Å²) in [6.45, 7) is 7.52. The molecule has 0 aliphatic heterocycles. The van der Waals surface area contributed by atoms with Crippen molar-refractivity contribution in [3.8, 4) is 0 Å². The smallest absolute Gasteiger partial charge is 0.322 e. The molecule has 0 aromatic carbocycles. The summed E-state index contributed by atoms with van der Waals surface area (Å²) in [5, 5.41) is 16.4. The first-order valence-corrected chi connectivity index (χ1v) is 10.6. The number of carbonyl (C=O) groups excluding carboxylic acids is 3. The van der Waals surface area contributed by atoms with Gasteiger partial charge in [-0.2, -0.15) is 0 Å². The van der Waals surface area contributed by atoms with Crippen LogP contribution in [0, 0.1) is 11.8 Å². The van der Waals surface area contributed by atoms with Gasteiger partial charge in [-0.1, -0.05) is 34.1 Å². The Balaban J connectivity index is 5.26. The predicted octanol–water partition coefficient (Wildman–Crippen LogP) is -0.295. The summed E-state index contributed by atoms with van der Waals surface area (Å²) in [4.78, 5) is 48.4. The fraction of sp³-hybridized carbons (Fsp3) is 0.800. The molecule has 0 aromatic heterocycles. The largest absolute Gasteiger partial charge is 0.480 e. The Morgan fingerprint density at radius 2 is 1.53 bits per heavy atom. The molecule has 30 heavy (non-hydrogen) atoms. The van der Waals surface area contributed by atoms with E-state index in [2.05, 4.69) is 16.0 Å². The maximum Gasteiger partial charge on any atom is 0.322 e. The van der Waals surface area contributed by atoms with Crippen LogP contribution in [-0.2, 0) is 19.2 Å². The monoisotopic (exact) mass is 429 g/mol. The minimum Gasteiger partial charge on any atom is -0.480 e. The molecular weight excluding hydrogens is 390 g/mol. The molecule has 0 aromatic rings. The molecule has 0 spiro atoms. The van der Waals surface area contributed by atoms with E-state index in [1.807, 2.05) is 27.7 Å². The van der Waals surface area contributed by atoms with Crippen molar-refractivity contribution in [1.82, 2.24) is 16.0 Å². The molecular formula is C20H39N5O5. The summed E-state index contributed by atoms with van der Waals surface area (Å²) < 4.78 is 0. The molecule has 0 bridgehead atoms. The Kier molecular flexibility index (Phi) is 13.7. The van der Waals surface area contributed by atoms with E-state index in [9.17, 15) is 19.2 Å². The Morgan fingerprint density at radius 1 is 0.933 bits per heavy atom. The Bertz CT molecular complexity index is 570. The fourth-order valence-electron chi connectivity index (χ4n) is 2.80. The Labute approximate surface area is 178 Å². The van der Waals surface area contributed by atoms with Crippen molar-refractivity contribution >= 4 is 23.7 Å². The molecule has 0 radical (unpaired) electrons. The molecule has 0 heterocycles. The summed E-state index contributed by atoms with van der Waals surface area (Å²) >= 11 is 0. The number of unbranched alkanes of at least 4 members (excludes halogenated alkanes) is 1. The first-order valence-electron chi connectivity index (χ1n) is 10.6. The standard InChI is InChI=1S/C20H39N5O5/c1-5-13(4)17(22)20(30)25-15(10-12(2)3)19(29)24-14(8-6-7-9-21)18(28)23-11-16(26)27/h12-15,17H,5-11,21-22H2,1-4H3,(H,23,28)(H,24,29)(H,25,30)(H,26,27). The van der Waals surface area contributed by atoms with Crippen LogP contribution in [0.5, 0.6) is 0 Å². The Morgan fingerprint density at radius 3 is 2.03 bits per heavy atom. The van der Waals surface area contributed by atoms with E-state index in [0.29, 0.717) is 32.2 Å². The summed E-state index contributed by atoms with van der Waals surface area (Å²) in [6, 6.07) is -2.51. The van der Waals surface area contributed by atoms with Gasteiger partial charge >= 0.3 is 5.97 Å². The lowest BCUT2D eigenvalue weighted by Crippen LogP contribution is -2.57. The molecule has 0 saturated heterocycles. The van der Waals surface area contributed by atoms with E-state index < -0.39 is 48.4 Å². The SMILES string of the molecule is CCC(C)C(N)C(=O)NC(CC(C)C)C(=O)NC(CCCCN)C(=O)NCC(=O)O. The third-order valence-corrected chi connectivity index (χ3v) is 4.89. The molecule has 10 nitrogen and oxygen atoms in total. The molecule has 0 saturated carbocycles. The van der Waals surface area contributed by atoms with Crippen LogP contribution in [0.25, 0.3) is 0 Å². The number of rotatable bonds is 15. The van der Waals surface area contributed by atoms with Gasteiger partial charge in [0.05, 0.1) is 6.04 Å². The number of carboxylic acids is 1. The highest BCUT2D eigenvalue weighted by Crippen LogP contribution is 2.10. The third kappa shape index (κ3) is 11.1. The molecule has 3 amide bonds. The second-order valence-corrected chi connectivity index (χ2v) is 8.06. The predicted molar refractivity (Wildman–Crippen MR) is 114 cm³/mol. The molecule has 174 valence electrons. The van der Waals surface area contributed by atoms with Gasteiger partial charge in [0.1, 0.15) is 18.6 Å². The van der Waals surface area contributed by atoms with Gasteiger partial charge in [-0.15, -0.1) is 0 Å². The molecule has 4 atom stereocenters. The van der Waals surface area contributed by atoms with E-state index in [-0.39, 0.29) is 11.8 Å². The van der Waals surface area contributed by atoms with Crippen LogP contribution >= 0.6 is 0 Å². The highest BCUT2D eigenvalue weighted by atomic mass is 16.4. The topological polar surface area (TPSA) is 177 Å². The molecule has 10 heteroatoms. The number of aliphatic carboxylic acids is 1. The number of nitrogens with one attached hydrogen (secondary N) is 3. The van der Waals surface area contributed by atoms with Crippen molar-refractivity contribution in [3.05, 3.63) is 0 Å². The lowest BCUT2D eigenvalue weighted by molar-refractivity contribution is -0.138. The van der Waals surface area contributed by atoms with Crippen LogP contribution in [-0.4, -0.2) is 60.0 Å². The van der Waals surface area contributed by atoms with E-state index >= 15 is 0 Å². The zero-order chi connectivity index (χ0) is 23.3. The van der Waals surface area contributed by atoms with Crippen molar-refractivity contribution in [1.29, 1.82) is 0 Å². The van der Waals surface area contributed by atoms with Gasteiger partial charge in [-0.3, -0.25) is 19.2 Å². The van der Waals surface area contributed by atoms with Crippen molar-refractivity contribution in [2.75, 3.05) is 13.1 Å². The van der Waals surface area contributed by atoms with E-state index in [1.54, 1.807) is 0 Å². The summed E-state index contributed by atoms with van der Waals surface area (Å²) in [5.74, 6) is -2.62. The maximum absolute atomic E-state index is 12.9. The zero-order valence-electron chi connectivity index (χ0n) is 18.6. The summed E-state index contributed by atoms with van der Waals surface area (Å²) in [6.07, 6.45) is 2.65. The number of amides is 3. The minimum atomic E-state index is -1.18. The first-order chi connectivity index (χ1) is 14.0. The highest BCUT2D eigenvalue weighted by Gasteiger charge is 2.29. The summed E-state index contributed by atoms with van der Waals surface area (Å²) in [5.41, 5.74) is 11.5. The molecule has 0 aliphatic rings. The van der Waals surface area contributed by atoms with Gasteiger partial charge in [0, 0.05) is 0 Å². The van der Waals surface area contributed by atoms with E-state index in [1.165, 1.54) is 0 Å². The van der Waals surface area contributed by atoms with Gasteiger partial charge in [0.25, 0.3) is 0 Å².